The van der Waals surface area contributed by atoms with Crippen molar-refractivity contribution >= 4 is 0 Å². The van der Waals surface area contributed by atoms with Crippen LogP contribution in [0, 0.1) is 13.8 Å². The predicted octanol–water partition coefficient (Wildman–Crippen LogP) is 3.52. The van der Waals surface area contributed by atoms with E-state index >= 15 is 0 Å². The van der Waals surface area contributed by atoms with Crippen molar-refractivity contribution < 1.29 is 4.74 Å². The first kappa shape index (κ1) is 14.5. The molecule has 2 rings (SSSR count). The number of nitrogens with two attached hydrogens (primary N) is 1. The van der Waals surface area contributed by atoms with Gasteiger partial charge in [-0.05, 0) is 57.9 Å². The summed E-state index contributed by atoms with van der Waals surface area (Å²) in [7, 11) is 0. The topological polar surface area (TPSA) is 35.2 Å². The van der Waals surface area contributed by atoms with Crippen molar-refractivity contribution in [2.75, 3.05) is 6.61 Å². The van der Waals surface area contributed by atoms with Crippen molar-refractivity contribution in [1.29, 1.82) is 0 Å². The van der Waals surface area contributed by atoms with Crippen molar-refractivity contribution in [2.24, 2.45) is 5.73 Å². The maximum absolute atomic E-state index is 6.25. The van der Waals surface area contributed by atoms with E-state index in [1.54, 1.807) is 0 Å². The molecule has 0 spiro atoms. The molecule has 0 aromatic heterocycles. The molecular formula is C17H27NO. The van der Waals surface area contributed by atoms with Gasteiger partial charge in [0.15, 0.2) is 0 Å². The van der Waals surface area contributed by atoms with Crippen molar-refractivity contribution in [1.82, 2.24) is 0 Å². The van der Waals surface area contributed by atoms with Gasteiger partial charge in [-0.1, -0.05) is 29.3 Å². The monoisotopic (exact) mass is 261 g/mol. The zero-order chi connectivity index (χ0) is 13.7. The molecule has 1 saturated heterocycles. The summed E-state index contributed by atoms with van der Waals surface area (Å²) in [6.45, 7) is 5.26. The Kier molecular flexibility index (Phi) is 5.41. The summed E-state index contributed by atoms with van der Waals surface area (Å²) in [5.74, 6) is 0. The highest BCUT2D eigenvalue weighted by molar-refractivity contribution is 5.29. The second-order valence-corrected chi connectivity index (χ2v) is 6.03. The number of ether oxygens (including phenoxy) is 1. The molecule has 2 unspecified atom stereocenters. The second-order valence-electron chi connectivity index (χ2n) is 6.03. The lowest BCUT2D eigenvalue weighted by atomic mass is 9.98. The molecule has 1 aliphatic rings. The van der Waals surface area contributed by atoms with E-state index in [4.69, 9.17) is 10.5 Å². The van der Waals surface area contributed by atoms with E-state index < -0.39 is 0 Å². The molecule has 1 fully saturated rings. The first-order valence-corrected chi connectivity index (χ1v) is 7.58. The molecule has 0 saturated carbocycles. The Labute approximate surface area is 117 Å². The minimum Gasteiger partial charge on any atom is -0.378 e. The van der Waals surface area contributed by atoms with Crippen LogP contribution in [0.25, 0.3) is 0 Å². The van der Waals surface area contributed by atoms with Crippen LogP contribution in [0.15, 0.2) is 18.2 Å². The van der Waals surface area contributed by atoms with Crippen LogP contribution in [0.1, 0.15) is 48.8 Å². The van der Waals surface area contributed by atoms with E-state index in [0.717, 1.165) is 19.4 Å². The van der Waals surface area contributed by atoms with Crippen LogP contribution in [0.4, 0.5) is 0 Å². The average Bonchev–Trinajstić information content (AvgIpc) is 2.80. The highest BCUT2D eigenvalue weighted by atomic mass is 16.5. The summed E-state index contributed by atoms with van der Waals surface area (Å²) in [4.78, 5) is 0. The van der Waals surface area contributed by atoms with Crippen LogP contribution in [0.5, 0.6) is 0 Å². The van der Waals surface area contributed by atoms with E-state index in [1.807, 2.05) is 0 Å². The Bertz CT molecular complexity index is 376. The summed E-state index contributed by atoms with van der Waals surface area (Å²) < 4.78 is 5.64. The normalized spacial score (nSPS) is 20.7. The quantitative estimate of drug-likeness (QED) is 0.850. The van der Waals surface area contributed by atoms with Crippen molar-refractivity contribution in [2.45, 2.75) is 64.5 Å². The lowest BCUT2D eigenvalue weighted by Crippen LogP contribution is -2.23. The van der Waals surface area contributed by atoms with Gasteiger partial charge in [0.05, 0.1) is 6.10 Å². The maximum atomic E-state index is 6.25. The molecule has 0 amide bonds. The fourth-order valence-electron chi connectivity index (χ4n) is 3.07. The lowest BCUT2D eigenvalue weighted by Gasteiger charge is -2.14. The number of benzene rings is 1. The Morgan fingerprint density at radius 2 is 2.00 bits per heavy atom. The largest absolute Gasteiger partial charge is 0.378 e. The molecule has 1 aliphatic heterocycles. The highest BCUT2D eigenvalue weighted by Crippen LogP contribution is 2.19. The molecule has 2 atom stereocenters. The zero-order valence-electron chi connectivity index (χ0n) is 12.3. The lowest BCUT2D eigenvalue weighted by molar-refractivity contribution is 0.101. The van der Waals surface area contributed by atoms with Crippen molar-refractivity contribution in [3.8, 4) is 0 Å². The third-order valence-corrected chi connectivity index (χ3v) is 3.90. The van der Waals surface area contributed by atoms with Gasteiger partial charge in [-0.2, -0.15) is 0 Å². The van der Waals surface area contributed by atoms with Gasteiger partial charge >= 0.3 is 0 Å². The molecule has 1 heterocycles. The van der Waals surface area contributed by atoms with Gasteiger partial charge < -0.3 is 10.5 Å². The molecule has 2 heteroatoms. The Balaban J connectivity index is 1.72. The van der Waals surface area contributed by atoms with Gasteiger partial charge in [0.2, 0.25) is 0 Å². The second kappa shape index (κ2) is 7.06. The van der Waals surface area contributed by atoms with Crippen LogP contribution in [0.3, 0.4) is 0 Å². The van der Waals surface area contributed by atoms with Gasteiger partial charge in [0, 0.05) is 12.6 Å². The molecule has 1 aromatic rings. The van der Waals surface area contributed by atoms with Crippen LogP contribution >= 0.6 is 0 Å². The van der Waals surface area contributed by atoms with Gasteiger partial charge in [0.1, 0.15) is 0 Å². The molecule has 2 N–H and O–H groups in total. The van der Waals surface area contributed by atoms with Crippen molar-refractivity contribution in [3.63, 3.8) is 0 Å². The molecule has 2 nitrogen and oxygen atoms in total. The smallest absolute Gasteiger partial charge is 0.0576 e. The predicted molar refractivity (Wildman–Crippen MR) is 80.4 cm³/mol. The van der Waals surface area contributed by atoms with Crippen LogP contribution in [-0.2, 0) is 11.2 Å². The third kappa shape index (κ3) is 4.96. The van der Waals surface area contributed by atoms with E-state index in [0.29, 0.717) is 6.10 Å². The number of hydrogen-bond donors (Lipinski definition) is 1. The molecule has 106 valence electrons. The van der Waals surface area contributed by atoms with Crippen LogP contribution < -0.4 is 5.73 Å². The SMILES string of the molecule is Cc1cc(C)cc(CC(N)CCCC2CCCO2)c1. The first-order chi connectivity index (χ1) is 9.13. The third-order valence-electron chi connectivity index (χ3n) is 3.90. The standard InChI is InChI=1S/C17H27NO/c1-13-9-14(2)11-15(10-13)12-16(18)5-3-6-17-7-4-8-19-17/h9-11,16-17H,3-8,12,18H2,1-2H3. The summed E-state index contributed by atoms with van der Waals surface area (Å²) >= 11 is 0. The Morgan fingerprint density at radius 3 is 2.63 bits per heavy atom. The van der Waals surface area contributed by atoms with E-state index in [9.17, 15) is 0 Å². The number of aryl methyl sites for hydroxylation is 2. The molecule has 0 aliphatic carbocycles. The number of rotatable bonds is 6. The minimum atomic E-state index is 0.280. The van der Waals surface area contributed by atoms with Crippen molar-refractivity contribution in [3.05, 3.63) is 34.9 Å². The zero-order valence-corrected chi connectivity index (χ0v) is 12.3. The molecular weight excluding hydrogens is 234 g/mol. The summed E-state index contributed by atoms with van der Waals surface area (Å²) in [5.41, 5.74) is 10.3. The van der Waals surface area contributed by atoms with Crippen LogP contribution in [0.2, 0.25) is 0 Å². The summed E-state index contributed by atoms with van der Waals surface area (Å²) in [6, 6.07) is 7.01. The van der Waals surface area contributed by atoms with Gasteiger partial charge in [-0.15, -0.1) is 0 Å². The van der Waals surface area contributed by atoms with Gasteiger partial charge in [0.25, 0.3) is 0 Å². The summed E-state index contributed by atoms with van der Waals surface area (Å²) in [5, 5.41) is 0. The van der Waals surface area contributed by atoms with E-state index in [2.05, 4.69) is 32.0 Å². The summed E-state index contributed by atoms with van der Waals surface area (Å²) in [6.07, 6.45) is 7.46. The molecule has 0 radical (unpaired) electrons. The van der Waals surface area contributed by atoms with Crippen LogP contribution in [-0.4, -0.2) is 18.8 Å². The maximum Gasteiger partial charge on any atom is 0.0576 e. The van der Waals surface area contributed by atoms with E-state index in [1.165, 1.54) is 42.4 Å². The van der Waals surface area contributed by atoms with Gasteiger partial charge in [-0.3, -0.25) is 0 Å². The van der Waals surface area contributed by atoms with E-state index in [-0.39, 0.29) is 6.04 Å². The number of hydrogen-bond acceptors (Lipinski definition) is 2. The fourth-order valence-corrected chi connectivity index (χ4v) is 3.07. The van der Waals surface area contributed by atoms with Gasteiger partial charge in [-0.25, -0.2) is 0 Å². The highest BCUT2D eigenvalue weighted by Gasteiger charge is 2.15. The first-order valence-electron chi connectivity index (χ1n) is 7.58. The average molecular weight is 261 g/mol. The fraction of sp³-hybridized carbons (Fsp3) is 0.647. The molecule has 1 aromatic carbocycles. The molecule has 0 bridgehead atoms. The minimum absolute atomic E-state index is 0.280. The Hall–Kier alpha value is -0.860. The Morgan fingerprint density at radius 1 is 1.26 bits per heavy atom. The molecule has 19 heavy (non-hydrogen) atoms.